The molecule has 0 radical (unpaired) electrons. The van der Waals surface area contributed by atoms with Crippen LogP contribution in [0.2, 0.25) is 5.02 Å². The number of rotatable bonds is 9. The van der Waals surface area contributed by atoms with Crippen molar-refractivity contribution in [3.63, 3.8) is 0 Å². The van der Waals surface area contributed by atoms with E-state index in [4.69, 9.17) is 25.8 Å². The highest BCUT2D eigenvalue weighted by Gasteiger charge is 2.34. The van der Waals surface area contributed by atoms with Crippen LogP contribution < -0.4 is 9.47 Å². The van der Waals surface area contributed by atoms with Crippen LogP contribution >= 0.6 is 11.6 Å². The molecule has 3 rings (SSSR count). The molecule has 8 nitrogen and oxygen atoms in total. The van der Waals surface area contributed by atoms with E-state index in [0.717, 1.165) is 5.56 Å². The van der Waals surface area contributed by atoms with Gasteiger partial charge in [-0.15, -0.1) is 0 Å². The molecule has 2 aromatic rings. The molecule has 1 atom stereocenters. The SMILES string of the molecule is CCN(C(=O)COC(=O)c1ccc(OCc2ccc(Cl)cc2)c(OC)c1)[C@H]1CCS(=O)(=O)C1. The summed E-state index contributed by atoms with van der Waals surface area (Å²) in [4.78, 5) is 26.5. The van der Waals surface area contributed by atoms with Crippen LogP contribution in [0.3, 0.4) is 0 Å². The minimum Gasteiger partial charge on any atom is -0.493 e. The van der Waals surface area contributed by atoms with E-state index in [1.807, 2.05) is 12.1 Å². The zero-order valence-corrected chi connectivity index (χ0v) is 20.0. The Hall–Kier alpha value is -2.78. The number of hydrogen-bond acceptors (Lipinski definition) is 7. The fraction of sp³-hybridized carbons (Fsp3) is 0.391. The highest BCUT2D eigenvalue weighted by atomic mass is 35.5. The Bertz CT molecular complexity index is 1100. The quantitative estimate of drug-likeness (QED) is 0.493. The van der Waals surface area contributed by atoms with Crippen LogP contribution in [0.5, 0.6) is 11.5 Å². The third-order valence-corrected chi connectivity index (χ3v) is 7.35. The standard InChI is InChI=1S/C23H26ClNO7S/c1-3-25(19-10-11-33(28,29)15-19)22(26)14-32-23(27)17-6-9-20(21(12-17)30-2)31-13-16-4-7-18(24)8-5-16/h4-9,12,19H,3,10-11,13-15H2,1-2H3/t19-/m0/s1. The number of benzene rings is 2. The van der Waals surface area contributed by atoms with Crippen LogP contribution in [0, 0.1) is 0 Å². The van der Waals surface area contributed by atoms with Crippen LogP contribution in [0.25, 0.3) is 0 Å². The fourth-order valence-corrected chi connectivity index (χ4v) is 5.47. The van der Waals surface area contributed by atoms with Gasteiger partial charge >= 0.3 is 5.97 Å². The van der Waals surface area contributed by atoms with Crippen LogP contribution in [-0.4, -0.2) is 63.0 Å². The molecule has 0 bridgehead atoms. The summed E-state index contributed by atoms with van der Waals surface area (Å²) in [6.45, 7) is 1.91. The van der Waals surface area contributed by atoms with Crippen molar-refractivity contribution in [2.24, 2.45) is 0 Å². The average molecular weight is 496 g/mol. The first-order chi connectivity index (χ1) is 15.7. The van der Waals surface area contributed by atoms with Gasteiger partial charge in [0, 0.05) is 17.6 Å². The largest absolute Gasteiger partial charge is 0.493 e. The molecular formula is C23H26ClNO7S. The lowest BCUT2D eigenvalue weighted by molar-refractivity contribution is -0.136. The maximum absolute atomic E-state index is 12.5. The Morgan fingerprint density at radius 3 is 2.45 bits per heavy atom. The number of likely N-dealkylation sites (N-methyl/N-ethyl adjacent to an activating group) is 1. The van der Waals surface area contributed by atoms with Gasteiger partial charge in [-0.2, -0.15) is 0 Å². The number of halogens is 1. The molecule has 1 aliphatic rings. The van der Waals surface area contributed by atoms with E-state index in [-0.39, 0.29) is 29.7 Å². The van der Waals surface area contributed by atoms with Gasteiger partial charge in [-0.25, -0.2) is 13.2 Å². The molecule has 1 heterocycles. The first kappa shape index (κ1) is 24.9. The monoisotopic (exact) mass is 495 g/mol. The summed E-state index contributed by atoms with van der Waals surface area (Å²) in [5.74, 6) is -0.331. The van der Waals surface area contributed by atoms with E-state index < -0.39 is 28.3 Å². The zero-order chi connectivity index (χ0) is 24.0. The zero-order valence-electron chi connectivity index (χ0n) is 18.5. The van der Waals surface area contributed by atoms with Crippen molar-refractivity contribution in [3.8, 4) is 11.5 Å². The van der Waals surface area contributed by atoms with Crippen molar-refractivity contribution in [1.82, 2.24) is 4.90 Å². The highest BCUT2D eigenvalue weighted by molar-refractivity contribution is 7.91. The number of hydrogen-bond donors (Lipinski definition) is 0. The van der Waals surface area contributed by atoms with E-state index in [9.17, 15) is 18.0 Å². The van der Waals surface area contributed by atoms with Crippen molar-refractivity contribution in [2.45, 2.75) is 26.0 Å². The topological polar surface area (TPSA) is 99.2 Å². The maximum Gasteiger partial charge on any atom is 0.338 e. The van der Waals surface area contributed by atoms with Crippen LogP contribution in [-0.2, 0) is 26.0 Å². The van der Waals surface area contributed by atoms with Crippen molar-refractivity contribution in [3.05, 3.63) is 58.6 Å². The van der Waals surface area contributed by atoms with Gasteiger partial charge in [-0.05, 0) is 49.2 Å². The first-order valence-electron chi connectivity index (χ1n) is 10.4. The van der Waals surface area contributed by atoms with Crippen molar-refractivity contribution >= 4 is 33.3 Å². The van der Waals surface area contributed by atoms with E-state index in [1.165, 1.54) is 24.1 Å². The van der Waals surface area contributed by atoms with E-state index in [1.54, 1.807) is 25.1 Å². The summed E-state index contributed by atoms with van der Waals surface area (Å²) < 4.78 is 39.7. The molecule has 0 aromatic heterocycles. The second-order valence-corrected chi connectivity index (χ2v) is 10.3. The van der Waals surface area contributed by atoms with Gasteiger partial charge in [0.05, 0.1) is 24.2 Å². The Kier molecular flexibility index (Phi) is 8.20. The smallest absolute Gasteiger partial charge is 0.338 e. The number of carbonyl (C=O) groups is 2. The molecule has 10 heteroatoms. The van der Waals surface area contributed by atoms with Crippen LogP contribution in [0.1, 0.15) is 29.3 Å². The molecule has 33 heavy (non-hydrogen) atoms. The Balaban J connectivity index is 1.59. The van der Waals surface area contributed by atoms with Gasteiger partial charge in [-0.3, -0.25) is 4.79 Å². The molecule has 2 aromatic carbocycles. The molecule has 0 N–H and O–H groups in total. The molecule has 1 amide bonds. The Morgan fingerprint density at radius 2 is 1.85 bits per heavy atom. The molecule has 1 fully saturated rings. The number of methoxy groups -OCH3 is 1. The fourth-order valence-electron chi connectivity index (χ4n) is 3.61. The molecule has 0 unspecified atom stereocenters. The average Bonchev–Trinajstić information content (AvgIpc) is 3.16. The van der Waals surface area contributed by atoms with Crippen LogP contribution in [0.4, 0.5) is 0 Å². The van der Waals surface area contributed by atoms with E-state index in [0.29, 0.717) is 29.5 Å². The molecule has 1 aliphatic heterocycles. The van der Waals surface area contributed by atoms with Gasteiger partial charge in [0.1, 0.15) is 6.61 Å². The lowest BCUT2D eigenvalue weighted by Gasteiger charge is -2.26. The Morgan fingerprint density at radius 1 is 1.12 bits per heavy atom. The molecule has 0 saturated carbocycles. The number of ether oxygens (including phenoxy) is 3. The predicted molar refractivity (Wildman–Crippen MR) is 124 cm³/mol. The normalized spacial score (nSPS) is 16.8. The number of carbonyl (C=O) groups excluding carboxylic acids is 2. The number of nitrogens with zero attached hydrogens (tertiary/aromatic N) is 1. The van der Waals surface area contributed by atoms with Gasteiger partial charge in [-0.1, -0.05) is 23.7 Å². The van der Waals surface area contributed by atoms with Crippen molar-refractivity contribution in [1.29, 1.82) is 0 Å². The van der Waals surface area contributed by atoms with Crippen LogP contribution in [0.15, 0.2) is 42.5 Å². The van der Waals surface area contributed by atoms with Gasteiger partial charge in [0.15, 0.2) is 27.9 Å². The number of amides is 1. The van der Waals surface area contributed by atoms with Gasteiger partial charge in [0.2, 0.25) is 0 Å². The molecule has 0 spiro atoms. The second kappa shape index (κ2) is 10.9. The summed E-state index contributed by atoms with van der Waals surface area (Å²) >= 11 is 5.89. The lowest BCUT2D eigenvalue weighted by atomic mass is 10.2. The van der Waals surface area contributed by atoms with Crippen molar-refractivity contribution in [2.75, 3.05) is 31.8 Å². The summed E-state index contributed by atoms with van der Waals surface area (Å²) in [6.07, 6.45) is 0.393. The van der Waals surface area contributed by atoms with E-state index in [2.05, 4.69) is 0 Å². The molecular weight excluding hydrogens is 470 g/mol. The summed E-state index contributed by atoms with van der Waals surface area (Å²) in [5.41, 5.74) is 1.11. The third kappa shape index (κ3) is 6.61. The maximum atomic E-state index is 12.5. The van der Waals surface area contributed by atoms with Crippen molar-refractivity contribution < 1.29 is 32.2 Å². The van der Waals surface area contributed by atoms with Gasteiger partial charge in [0.25, 0.3) is 5.91 Å². The molecule has 1 saturated heterocycles. The third-order valence-electron chi connectivity index (χ3n) is 5.34. The molecule has 178 valence electrons. The number of esters is 1. The highest BCUT2D eigenvalue weighted by Crippen LogP contribution is 2.29. The summed E-state index contributed by atoms with van der Waals surface area (Å²) in [5, 5.41) is 0.632. The Labute approximate surface area is 198 Å². The second-order valence-electron chi connectivity index (χ2n) is 7.59. The van der Waals surface area contributed by atoms with Gasteiger partial charge < -0.3 is 19.1 Å². The summed E-state index contributed by atoms with van der Waals surface area (Å²) in [6, 6.07) is 11.4. The number of sulfone groups is 1. The van der Waals surface area contributed by atoms with E-state index >= 15 is 0 Å². The minimum atomic E-state index is -3.13. The lowest BCUT2D eigenvalue weighted by Crippen LogP contribution is -2.43. The first-order valence-corrected chi connectivity index (χ1v) is 12.6. The molecule has 0 aliphatic carbocycles. The predicted octanol–water partition coefficient (Wildman–Crippen LogP) is 3.12. The minimum absolute atomic E-state index is 0.0603. The summed E-state index contributed by atoms with van der Waals surface area (Å²) in [7, 11) is -1.67.